The first-order valence-corrected chi connectivity index (χ1v) is 6.51. The highest BCUT2D eigenvalue weighted by molar-refractivity contribution is 7.92. The van der Waals surface area contributed by atoms with Gasteiger partial charge in [0.25, 0.3) is 5.91 Å². The molecule has 0 aliphatic rings. The molecule has 0 aliphatic heterocycles. The summed E-state index contributed by atoms with van der Waals surface area (Å²) in [5.74, 6) is -0.428. The molecular formula is C8H14N4O3S. The van der Waals surface area contributed by atoms with Gasteiger partial charge in [-0.3, -0.25) is 14.6 Å². The van der Waals surface area contributed by atoms with Crippen LogP contribution in [-0.4, -0.2) is 36.8 Å². The molecule has 0 saturated heterocycles. The van der Waals surface area contributed by atoms with E-state index in [1.165, 1.54) is 6.20 Å². The molecule has 0 aromatic carbocycles. The predicted octanol–water partition coefficient (Wildman–Crippen LogP) is -0.0806. The summed E-state index contributed by atoms with van der Waals surface area (Å²) in [4.78, 5) is 11.6. The molecule has 0 atom stereocenters. The molecule has 0 aliphatic carbocycles. The Balaban J connectivity index is 2.90. The van der Waals surface area contributed by atoms with E-state index < -0.39 is 15.9 Å². The Morgan fingerprint density at radius 3 is 2.62 bits per heavy atom. The first-order chi connectivity index (χ1) is 7.29. The fourth-order valence-electron chi connectivity index (χ4n) is 1.07. The van der Waals surface area contributed by atoms with Crippen molar-refractivity contribution in [3.63, 3.8) is 0 Å². The lowest BCUT2D eigenvalue weighted by Crippen LogP contribution is -2.31. The topological polar surface area (TPSA) is 104 Å². The van der Waals surface area contributed by atoms with Crippen molar-refractivity contribution >= 4 is 21.6 Å². The average molecular weight is 246 g/mol. The zero-order valence-electron chi connectivity index (χ0n) is 9.23. The third kappa shape index (κ3) is 3.54. The highest BCUT2D eigenvalue weighted by atomic mass is 32.2. The van der Waals surface area contributed by atoms with Gasteiger partial charge in [0.1, 0.15) is 0 Å². The molecule has 16 heavy (non-hydrogen) atoms. The largest absolute Gasteiger partial charge is 0.348 e. The molecule has 0 spiro atoms. The highest BCUT2D eigenvalue weighted by Gasteiger charge is 2.17. The van der Waals surface area contributed by atoms with Crippen LogP contribution >= 0.6 is 0 Å². The van der Waals surface area contributed by atoms with Crippen LogP contribution in [0.25, 0.3) is 0 Å². The molecular weight excluding hydrogens is 232 g/mol. The Morgan fingerprint density at radius 1 is 1.50 bits per heavy atom. The standard InChI is InChI=1S/C8H14N4O3S/c1-5(2)10-8(13)7-6(4-9-11-7)12-16(3,14)15/h4-5,12H,1-3H3,(H,9,11)(H,10,13). The van der Waals surface area contributed by atoms with Gasteiger partial charge in [-0.05, 0) is 13.8 Å². The fraction of sp³-hybridized carbons (Fsp3) is 0.500. The number of hydrogen-bond acceptors (Lipinski definition) is 4. The molecule has 1 aromatic rings. The van der Waals surface area contributed by atoms with Crippen molar-refractivity contribution in [2.24, 2.45) is 0 Å². The summed E-state index contributed by atoms with van der Waals surface area (Å²) in [6, 6.07) is -0.0460. The van der Waals surface area contributed by atoms with E-state index in [4.69, 9.17) is 0 Å². The Morgan fingerprint density at radius 2 is 2.12 bits per heavy atom. The first-order valence-electron chi connectivity index (χ1n) is 4.62. The minimum Gasteiger partial charge on any atom is -0.348 e. The van der Waals surface area contributed by atoms with Crippen molar-refractivity contribution in [1.29, 1.82) is 0 Å². The number of amides is 1. The van der Waals surface area contributed by atoms with Crippen molar-refractivity contribution < 1.29 is 13.2 Å². The van der Waals surface area contributed by atoms with Crippen LogP contribution in [0.1, 0.15) is 24.3 Å². The maximum absolute atomic E-state index is 11.6. The molecule has 1 heterocycles. The number of sulfonamides is 1. The normalized spacial score (nSPS) is 11.5. The zero-order chi connectivity index (χ0) is 12.3. The zero-order valence-corrected chi connectivity index (χ0v) is 10.1. The van der Waals surface area contributed by atoms with Gasteiger partial charge in [0.15, 0.2) is 5.69 Å². The molecule has 90 valence electrons. The van der Waals surface area contributed by atoms with Gasteiger partial charge in [-0.1, -0.05) is 0 Å². The molecule has 3 N–H and O–H groups in total. The lowest BCUT2D eigenvalue weighted by molar-refractivity contribution is 0.0939. The van der Waals surface area contributed by atoms with Crippen molar-refractivity contribution in [2.45, 2.75) is 19.9 Å². The van der Waals surface area contributed by atoms with Crippen LogP contribution in [0.2, 0.25) is 0 Å². The van der Waals surface area contributed by atoms with Crippen LogP contribution in [-0.2, 0) is 10.0 Å². The summed E-state index contributed by atoms with van der Waals surface area (Å²) in [6.45, 7) is 3.60. The Labute approximate surface area is 93.7 Å². The molecule has 1 aromatic heterocycles. The van der Waals surface area contributed by atoms with E-state index in [9.17, 15) is 13.2 Å². The van der Waals surface area contributed by atoms with E-state index in [2.05, 4.69) is 20.2 Å². The molecule has 0 unspecified atom stereocenters. The van der Waals surface area contributed by atoms with E-state index in [1.807, 2.05) is 0 Å². The van der Waals surface area contributed by atoms with Crippen molar-refractivity contribution in [3.05, 3.63) is 11.9 Å². The van der Waals surface area contributed by atoms with Crippen LogP contribution in [0, 0.1) is 0 Å². The van der Waals surface area contributed by atoms with Crippen molar-refractivity contribution in [2.75, 3.05) is 11.0 Å². The summed E-state index contributed by atoms with van der Waals surface area (Å²) in [7, 11) is -3.42. The van der Waals surface area contributed by atoms with Gasteiger partial charge >= 0.3 is 0 Å². The second kappa shape index (κ2) is 4.52. The number of carbonyl (C=O) groups excluding carboxylic acids is 1. The second-order valence-electron chi connectivity index (χ2n) is 3.65. The molecule has 0 saturated carbocycles. The summed E-state index contributed by atoms with van der Waals surface area (Å²) >= 11 is 0. The minimum absolute atomic E-state index is 0.0270. The number of carbonyl (C=O) groups is 1. The number of nitrogens with zero attached hydrogens (tertiary/aromatic N) is 1. The van der Waals surface area contributed by atoms with Crippen molar-refractivity contribution in [3.8, 4) is 0 Å². The third-order valence-corrected chi connectivity index (χ3v) is 2.16. The predicted molar refractivity (Wildman–Crippen MR) is 59.7 cm³/mol. The van der Waals surface area contributed by atoms with E-state index in [0.717, 1.165) is 6.26 Å². The number of rotatable bonds is 4. The van der Waals surface area contributed by atoms with Gasteiger partial charge < -0.3 is 5.32 Å². The molecule has 7 nitrogen and oxygen atoms in total. The first kappa shape index (κ1) is 12.5. The van der Waals surface area contributed by atoms with E-state index >= 15 is 0 Å². The minimum atomic E-state index is -3.42. The van der Waals surface area contributed by atoms with Crippen LogP contribution in [0.5, 0.6) is 0 Å². The van der Waals surface area contributed by atoms with Gasteiger partial charge in [-0.15, -0.1) is 0 Å². The van der Waals surface area contributed by atoms with Gasteiger partial charge in [0.05, 0.1) is 11.9 Å². The molecule has 8 heteroatoms. The molecule has 1 rings (SSSR count). The molecule has 1 amide bonds. The van der Waals surface area contributed by atoms with Crippen LogP contribution < -0.4 is 10.0 Å². The maximum Gasteiger partial charge on any atom is 0.274 e. The number of aromatic nitrogens is 2. The molecule has 0 fully saturated rings. The van der Waals surface area contributed by atoms with E-state index in [1.54, 1.807) is 13.8 Å². The van der Waals surface area contributed by atoms with Gasteiger partial charge in [0.2, 0.25) is 10.0 Å². The molecule has 0 bridgehead atoms. The fourth-order valence-corrected chi connectivity index (χ4v) is 1.63. The quantitative estimate of drug-likeness (QED) is 0.691. The average Bonchev–Trinajstić information content (AvgIpc) is 2.47. The van der Waals surface area contributed by atoms with Crippen LogP contribution in [0.4, 0.5) is 5.69 Å². The summed E-state index contributed by atoms with van der Waals surface area (Å²) in [5, 5.41) is 8.74. The summed E-state index contributed by atoms with van der Waals surface area (Å²) in [6.07, 6.45) is 2.32. The summed E-state index contributed by atoms with van der Waals surface area (Å²) < 4.78 is 24.2. The number of aromatic amines is 1. The lowest BCUT2D eigenvalue weighted by atomic mass is 10.3. The van der Waals surface area contributed by atoms with Crippen LogP contribution in [0.15, 0.2) is 6.20 Å². The Hall–Kier alpha value is -1.57. The number of nitrogens with one attached hydrogen (secondary N) is 3. The van der Waals surface area contributed by atoms with Crippen LogP contribution in [0.3, 0.4) is 0 Å². The lowest BCUT2D eigenvalue weighted by Gasteiger charge is -2.07. The van der Waals surface area contributed by atoms with Crippen molar-refractivity contribution in [1.82, 2.24) is 15.5 Å². The Bertz CT molecular complexity index is 477. The maximum atomic E-state index is 11.6. The van der Waals surface area contributed by atoms with Gasteiger partial charge in [0, 0.05) is 12.2 Å². The SMILES string of the molecule is CC(C)NC(=O)c1n[nH]cc1NS(C)(=O)=O. The number of anilines is 1. The summed E-state index contributed by atoms with van der Waals surface area (Å²) in [5.41, 5.74) is 0.166. The monoisotopic (exact) mass is 246 g/mol. The highest BCUT2D eigenvalue weighted by Crippen LogP contribution is 2.12. The van der Waals surface area contributed by atoms with E-state index in [-0.39, 0.29) is 17.4 Å². The number of hydrogen-bond donors (Lipinski definition) is 3. The third-order valence-electron chi connectivity index (χ3n) is 1.57. The van der Waals surface area contributed by atoms with Gasteiger partial charge in [-0.25, -0.2) is 8.42 Å². The smallest absolute Gasteiger partial charge is 0.274 e. The number of H-pyrrole nitrogens is 1. The second-order valence-corrected chi connectivity index (χ2v) is 5.40. The molecule has 0 radical (unpaired) electrons. The Kier molecular flexibility index (Phi) is 3.53. The van der Waals surface area contributed by atoms with Gasteiger partial charge in [-0.2, -0.15) is 5.10 Å². The van der Waals surface area contributed by atoms with E-state index in [0.29, 0.717) is 0 Å².